The van der Waals surface area contributed by atoms with Crippen molar-refractivity contribution in [2.75, 3.05) is 0 Å². The maximum atomic E-state index is 13.6. The molecule has 1 aliphatic heterocycles. The molecule has 1 fully saturated rings. The van der Waals surface area contributed by atoms with Gasteiger partial charge in [-0.15, -0.1) is 10.2 Å². The van der Waals surface area contributed by atoms with Crippen molar-refractivity contribution in [1.29, 1.82) is 0 Å². The van der Waals surface area contributed by atoms with Crippen molar-refractivity contribution in [3.05, 3.63) is 65.4 Å². The first kappa shape index (κ1) is 27.0. The molecule has 2 aromatic heterocycles. The molecule has 208 valence electrons. The van der Waals surface area contributed by atoms with E-state index in [1.807, 2.05) is 22.8 Å². The van der Waals surface area contributed by atoms with Crippen LogP contribution in [-0.2, 0) is 23.8 Å². The minimum atomic E-state index is -4.49. The number of rotatable bonds is 4. The Kier molecular flexibility index (Phi) is 7.26. The number of carbonyl (C=O) groups is 1. The molecule has 3 heterocycles. The number of amides is 1. The normalized spacial score (nSPS) is 21.3. The number of alkyl carbamates (subject to hydrolysis) is 1. The molecule has 1 aromatic carbocycles. The van der Waals surface area contributed by atoms with Crippen molar-refractivity contribution in [2.45, 2.75) is 89.1 Å². The Morgan fingerprint density at radius 1 is 1.03 bits per heavy atom. The number of carbonyl (C=O) groups excluding carboxylic acids is 1. The second-order valence-electron chi connectivity index (χ2n) is 11.2. The number of nitrogens with one attached hydrogen (secondary N) is 1. The standard InChI is InChI=1S/C28H32F3N5O3/c1-27(2,3)39-26(37)33-20-15-18-14-19(28(29,30)31)9-12-22(18)36-23(16-20)34-35-25(36)17-7-10-21(11-8-17)38-24-6-4-5-13-32-24/h4-6,9,12-14,17,20-21H,7-8,10-11,15-16H2,1-3H3,(H,33,37). The highest BCUT2D eigenvalue weighted by molar-refractivity contribution is 5.68. The Morgan fingerprint density at radius 3 is 2.46 bits per heavy atom. The van der Waals surface area contributed by atoms with Gasteiger partial charge in [0.1, 0.15) is 23.4 Å². The van der Waals surface area contributed by atoms with Gasteiger partial charge in [-0.2, -0.15) is 13.2 Å². The lowest BCUT2D eigenvalue weighted by atomic mass is 9.86. The van der Waals surface area contributed by atoms with Crippen LogP contribution >= 0.6 is 0 Å². The molecule has 1 unspecified atom stereocenters. The third-order valence-electron chi connectivity index (χ3n) is 6.98. The van der Waals surface area contributed by atoms with Gasteiger partial charge in [0, 0.05) is 30.6 Å². The lowest BCUT2D eigenvalue weighted by Gasteiger charge is -2.28. The van der Waals surface area contributed by atoms with E-state index in [9.17, 15) is 18.0 Å². The summed E-state index contributed by atoms with van der Waals surface area (Å²) in [6.45, 7) is 5.26. The Bertz CT molecular complexity index is 1310. The SMILES string of the molecule is CC(C)(C)OC(=O)NC1Cc2cc(C(F)(F)F)ccc2-n2c(nnc2C2CCC(Oc3ccccn3)CC2)C1. The number of benzene rings is 1. The Morgan fingerprint density at radius 2 is 1.79 bits per heavy atom. The fourth-order valence-corrected chi connectivity index (χ4v) is 5.29. The fraction of sp³-hybridized carbons (Fsp3) is 0.500. The number of ether oxygens (including phenoxy) is 2. The highest BCUT2D eigenvalue weighted by Crippen LogP contribution is 2.38. The first-order chi connectivity index (χ1) is 18.5. The number of hydrogen-bond donors (Lipinski definition) is 1. The number of alkyl halides is 3. The van der Waals surface area contributed by atoms with Crippen molar-refractivity contribution in [2.24, 2.45) is 0 Å². The summed E-state index contributed by atoms with van der Waals surface area (Å²) in [5, 5.41) is 11.8. The van der Waals surface area contributed by atoms with E-state index in [1.165, 1.54) is 6.07 Å². The Balaban J connectivity index is 1.41. The maximum absolute atomic E-state index is 13.6. The van der Waals surface area contributed by atoms with E-state index < -0.39 is 29.5 Å². The number of pyridine rings is 1. The van der Waals surface area contributed by atoms with Crippen molar-refractivity contribution in [3.8, 4) is 11.6 Å². The van der Waals surface area contributed by atoms with Crippen molar-refractivity contribution < 1.29 is 27.4 Å². The Hall–Kier alpha value is -3.63. The van der Waals surface area contributed by atoms with E-state index in [4.69, 9.17) is 9.47 Å². The summed E-state index contributed by atoms with van der Waals surface area (Å²) in [5.74, 6) is 1.98. The van der Waals surface area contributed by atoms with E-state index in [2.05, 4.69) is 20.5 Å². The zero-order valence-corrected chi connectivity index (χ0v) is 22.2. The highest BCUT2D eigenvalue weighted by atomic mass is 19.4. The van der Waals surface area contributed by atoms with Gasteiger partial charge in [0.15, 0.2) is 0 Å². The first-order valence-electron chi connectivity index (χ1n) is 13.2. The Labute approximate surface area is 224 Å². The zero-order valence-electron chi connectivity index (χ0n) is 22.2. The maximum Gasteiger partial charge on any atom is 0.416 e. The lowest BCUT2D eigenvalue weighted by Crippen LogP contribution is -2.41. The summed E-state index contributed by atoms with van der Waals surface area (Å²) in [5.41, 5.74) is -0.360. The second kappa shape index (κ2) is 10.5. The summed E-state index contributed by atoms with van der Waals surface area (Å²) in [6, 6.07) is 8.78. The molecule has 11 heteroatoms. The number of hydrogen-bond acceptors (Lipinski definition) is 6. The molecule has 0 radical (unpaired) electrons. The molecule has 8 nitrogen and oxygen atoms in total. The number of aromatic nitrogens is 4. The largest absolute Gasteiger partial charge is 0.474 e. The van der Waals surface area contributed by atoms with Crippen LogP contribution in [0.2, 0.25) is 0 Å². The van der Waals surface area contributed by atoms with Gasteiger partial charge in [0.2, 0.25) is 5.88 Å². The minimum Gasteiger partial charge on any atom is -0.474 e. The van der Waals surface area contributed by atoms with Gasteiger partial charge in [-0.05, 0) is 82.7 Å². The van der Waals surface area contributed by atoms with E-state index in [1.54, 1.807) is 27.0 Å². The first-order valence-corrected chi connectivity index (χ1v) is 13.2. The monoisotopic (exact) mass is 543 g/mol. The van der Waals surface area contributed by atoms with Gasteiger partial charge in [-0.25, -0.2) is 9.78 Å². The molecular formula is C28H32F3N5O3. The van der Waals surface area contributed by atoms with Gasteiger partial charge < -0.3 is 14.8 Å². The van der Waals surface area contributed by atoms with Gasteiger partial charge in [0.05, 0.1) is 11.3 Å². The summed E-state index contributed by atoms with van der Waals surface area (Å²) >= 11 is 0. The van der Waals surface area contributed by atoms with E-state index >= 15 is 0 Å². The van der Waals surface area contributed by atoms with Crippen LogP contribution in [0.5, 0.6) is 5.88 Å². The third kappa shape index (κ3) is 6.34. The molecule has 1 N–H and O–H groups in total. The van der Waals surface area contributed by atoms with Crippen molar-refractivity contribution >= 4 is 6.09 Å². The van der Waals surface area contributed by atoms with Crippen LogP contribution in [0.4, 0.5) is 18.0 Å². The van der Waals surface area contributed by atoms with Crippen LogP contribution < -0.4 is 10.1 Å². The molecule has 3 aromatic rings. The average Bonchev–Trinajstić information content (AvgIpc) is 3.19. The average molecular weight is 544 g/mol. The molecule has 5 rings (SSSR count). The van der Waals surface area contributed by atoms with Gasteiger partial charge in [-0.1, -0.05) is 6.07 Å². The minimum absolute atomic E-state index is 0.0340. The van der Waals surface area contributed by atoms with Crippen LogP contribution in [-0.4, -0.2) is 43.6 Å². The van der Waals surface area contributed by atoms with Crippen LogP contribution in [0.1, 0.15) is 75.1 Å². The zero-order chi connectivity index (χ0) is 27.8. The van der Waals surface area contributed by atoms with Crippen LogP contribution in [0, 0.1) is 0 Å². The fourth-order valence-electron chi connectivity index (χ4n) is 5.29. The summed E-state index contributed by atoms with van der Waals surface area (Å²) in [7, 11) is 0. The second-order valence-corrected chi connectivity index (χ2v) is 11.2. The van der Waals surface area contributed by atoms with E-state index in [0.29, 0.717) is 29.4 Å². The van der Waals surface area contributed by atoms with E-state index in [-0.39, 0.29) is 18.4 Å². The van der Waals surface area contributed by atoms with Crippen LogP contribution in [0.15, 0.2) is 42.6 Å². The van der Waals surface area contributed by atoms with Crippen LogP contribution in [0.3, 0.4) is 0 Å². The molecule has 1 atom stereocenters. The highest BCUT2D eigenvalue weighted by Gasteiger charge is 2.35. The number of fused-ring (bicyclic) bond motifs is 3. The smallest absolute Gasteiger partial charge is 0.416 e. The van der Waals surface area contributed by atoms with E-state index in [0.717, 1.165) is 43.6 Å². The van der Waals surface area contributed by atoms with Crippen molar-refractivity contribution in [1.82, 2.24) is 25.1 Å². The molecule has 2 aliphatic rings. The molecule has 0 saturated heterocycles. The predicted octanol–water partition coefficient (Wildman–Crippen LogP) is 5.78. The summed E-state index contributed by atoms with van der Waals surface area (Å²) in [6.07, 6.45) is 0.312. The van der Waals surface area contributed by atoms with Crippen molar-refractivity contribution in [3.63, 3.8) is 0 Å². The number of halogens is 3. The predicted molar refractivity (Wildman–Crippen MR) is 137 cm³/mol. The quantitative estimate of drug-likeness (QED) is 0.449. The van der Waals surface area contributed by atoms with Gasteiger partial charge in [0.25, 0.3) is 0 Å². The lowest BCUT2D eigenvalue weighted by molar-refractivity contribution is -0.137. The molecule has 1 aliphatic carbocycles. The van der Waals surface area contributed by atoms with Crippen LogP contribution in [0.25, 0.3) is 5.69 Å². The molecular weight excluding hydrogens is 511 g/mol. The van der Waals surface area contributed by atoms with Gasteiger partial charge in [-0.3, -0.25) is 4.57 Å². The summed E-state index contributed by atoms with van der Waals surface area (Å²) in [4.78, 5) is 16.8. The third-order valence-corrected chi connectivity index (χ3v) is 6.98. The molecule has 0 spiro atoms. The summed E-state index contributed by atoms with van der Waals surface area (Å²) < 4.78 is 54.2. The molecule has 39 heavy (non-hydrogen) atoms. The molecule has 1 amide bonds. The topological polar surface area (TPSA) is 91.2 Å². The molecule has 0 bridgehead atoms. The molecule has 1 saturated carbocycles. The number of nitrogens with zero attached hydrogens (tertiary/aromatic N) is 4. The van der Waals surface area contributed by atoms with Gasteiger partial charge >= 0.3 is 12.3 Å².